The third kappa shape index (κ3) is 3.17. The van der Waals surface area contributed by atoms with Crippen molar-refractivity contribution in [3.63, 3.8) is 0 Å². The fourth-order valence-electron chi connectivity index (χ4n) is 1.52. The monoisotopic (exact) mass is 286 g/mol. The molecular formula is C11H15BrN2O2. The van der Waals surface area contributed by atoms with E-state index in [4.69, 9.17) is 9.47 Å². The van der Waals surface area contributed by atoms with Crippen LogP contribution >= 0.6 is 15.9 Å². The Kier molecular flexibility index (Phi) is 4.15. The number of anilines is 1. The molecule has 5 heteroatoms. The minimum absolute atomic E-state index is 0.125. The molecule has 1 unspecified atom stereocenters. The number of ether oxygens (including phenoxy) is 2. The Labute approximate surface area is 103 Å². The molecule has 16 heavy (non-hydrogen) atoms. The van der Waals surface area contributed by atoms with Gasteiger partial charge in [0.25, 0.3) is 0 Å². The first kappa shape index (κ1) is 11.8. The van der Waals surface area contributed by atoms with E-state index in [1.807, 2.05) is 19.1 Å². The van der Waals surface area contributed by atoms with Gasteiger partial charge in [-0.1, -0.05) is 0 Å². The van der Waals surface area contributed by atoms with Crippen molar-refractivity contribution in [1.82, 2.24) is 4.98 Å². The zero-order valence-electron chi connectivity index (χ0n) is 9.20. The van der Waals surface area contributed by atoms with E-state index in [0.717, 1.165) is 22.5 Å². The van der Waals surface area contributed by atoms with Crippen LogP contribution in [0.25, 0.3) is 0 Å². The molecule has 1 saturated heterocycles. The van der Waals surface area contributed by atoms with Gasteiger partial charge in [0.15, 0.2) is 0 Å². The van der Waals surface area contributed by atoms with Gasteiger partial charge in [-0.2, -0.15) is 0 Å². The predicted octanol–water partition coefficient (Wildman–Crippen LogP) is 1.98. The van der Waals surface area contributed by atoms with Crippen molar-refractivity contribution in [2.75, 3.05) is 31.7 Å². The average Bonchev–Trinajstić information content (AvgIpc) is 2.32. The van der Waals surface area contributed by atoms with Gasteiger partial charge in [0, 0.05) is 11.0 Å². The Morgan fingerprint density at radius 2 is 2.38 bits per heavy atom. The Balaban J connectivity index is 1.86. The fraction of sp³-hybridized carbons (Fsp3) is 0.545. The summed E-state index contributed by atoms with van der Waals surface area (Å²) in [5.74, 6) is 0.870. The van der Waals surface area contributed by atoms with Crippen LogP contribution in [0.2, 0.25) is 0 Å². The van der Waals surface area contributed by atoms with Crippen LogP contribution < -0.4 is 5.32 Å². The zero-order chi connectivity index (χ0) is 11.4. The second-order valence-electron chi connectivity index (χ2n) is 3.71. The largest absolute Gasteiger partial charge is 0.376 e. The first-order valence-corrected chi connectivity index (χ1v) is 6.11. The molecule has 2 heterocycles. The minimum atomic E-state index is 0.125. The van der Waals surface area contributed by atoms with E-state index in [0.29, 0.717) is 19.8 Å². The molecule has 1 N–H and O–H groups in total. The van der Waals surface area contributed by atoms with Crippen LogP contribution in [0, 0.1) is 6.92 Å². The van der Waals surface area contributed by atoms with Crippen molar-refractivity contribution in [2.45, 2.75) is 13.0 Å². The third-order valence-electron chi connectivity index (χ3n) is 2.42. The molecule has 0 aliphatic carbocycles. The summed E-state index contributed by atoms with van der Waals surface area (Å²) < 4.78 is 11.9. The SMILES string of the molecule is Cc1nc(NCC2COCCO2)ccc1Br. The molecule has 0 saturated carbocycles. The van der Waals surface area contributed by atoms with Gasteiger partial charge in [-0.05, 0) is 35.0 Å². The second-order valence-corrected chi connectivity index (χ2v) is 4.57. The van der Waals surface area contributed by atoms with Crippen LogP contribution in [0.15, 0.2) is 16.6 Å². The lowest BCUT2D eigenvalue weighted by Gasteiger charge is -2.23. The fourth-order valence-corrected chi connectivity index (χ4v) is 1.74. The maximum absolute atomic E-state index is 5.53. The number of nitrogens with zero attached hydrogens (tertiary/aromatic N) is 1. The lowest BCUT2D eigenvalue weighted by Crippen LogP contribution is -2.34. The number of rotatable bonds is 3. The summed E-state index contributed by atoms with van der Waals surface area (Å²) >= 11 is 3.42. The topological polar surface area (TPSA) is 43.4 Å². The molecule has 1 aromatic heterocycles. The smallest absolute Gasteiger partial charge is 0.126 e. The summed E-state index contributed by atoms with van der Waals surface area (Å²) in [6.07, 6.45) is 0.125. The van der Waals surface area contributed by atoms with E-state index < -0.39 is 0 Å². The lowest BCUT2D eigenvalue weighted by molar-refractivity contribution is -0.0819. The molecule has 1 fully saturated rings. The number of nitrogens with one attached hydrogen (secondary N) is 1. The molecule has 0 spiro atoms. The normalized spacial score (nSPS) is 20.8. The summed E-state index contributed by atoms with van der Waals surface area (Å²) in [6, 6.07) is 3.93. The summed E-state index contributed by atoms with van der Waals surface area (Å²) in [6.45, 7) is 4.73. The Morgan fingerprint density at radius 1 is 1.50 bits per heavy atom. The van der Waals surface area contributed by atoms with Gasteiger partial charge in [0.05, 0.1) is 31.6 Å². The van der Waals surface area contributed by atoms with Gasteiger partial charge in [0.2, 0.25) is 0 Å². The molecule has 1 atom stereocenters. The number of pyridine rings is 1. The molecule has 0 amide bonds. The third-order valence-corrected chi connectivity index (χ3v) is 3.26. The molecule has 0 radical (unpaired) electrons. The standard InChI is InChI=1S/C11H15BrN2O2/c1-8-10(12)2-3-11(14-8)13-6-9-7-15-4-5-16-9/h2-3,9H,4-7H2,1H3,(H,13,14). The zero-order valence-corrected chi connectivity index (χ0v) is 10.8. The second kappa shape index (κ2) is 5.61. The van der Waals surface area contributed by atoms with Crippen LogP contribution in [-0.2, 0) is 9.47 Å². The number of halogens is 1. The van der Waals surface area contributed by atoms with Gasteiger partial charge < -0.3 is 14.8 Å². The minimum Gasteiger partial charge on any atom is -0.376 e. The molecule has 0 bridgehead atoms. The highest BCUT2D eigenvalue weighted by Gasteiger charge is 2.13. The number of aromatic nitrogens is 1. The van der Waals surface area contributed by atoms with Crippen molar-refractivity contribution in [3.05, 3.63) is 22.3 Å². The van der Waals surface area contributed by atoms with E-state index in [9.17, 15) is 0 Å². The van der Waals surface area contributed by atoms with Gasteiger partial charge in [-0.3, -0.25) is 0 Å². The maximum atomic E-state index is 5.53. The highest BCUT2D eigenvalue weighted by atomic mass is 79.9. The predicted molar refractivity (Wildman–Crippen MR) is 65.7 cm³/mol. The van der Waals surface area contributed by atoms with Crippen LogP contribution in [-0.4, -0.2) is 37.5 Å². The Hall–Kier alpha value is -0.650. The van der Waals surface area contributed by atoms with E-state index in [-0.39, 0.29) is 6.10 Å². The molecule has 4 nitrogen and oxygen atoms in total. The van der Waals surface area contributed by atoms with Gasteiger partial charge in [0.1, 0.15) is 5.82 Å². The van der Waals surface area contributed by atoms with E-state index >= 15 is 0 Å². The molecule has 0 aromatic carbocycles. The summed E-state index contributed by atoms with van der Waals surface area (Å²) in [7, 11) is 0. The molecule has 2 rings (SSSR count). The number of aryl methyl sites for hydroxylation is 1. The van der Waals surface area contributed by atoms with Gasteiger partial charge in [-0.25, -0.2) is 4.98 Å². The van der Waals surface area contributed by atoms with Crippen molar-refractivity contribution < 1.29 is 9.47 Å². The highest BCUT2D eigenvalue weighted by Crippen LogP contribution is 2.16. The first-order valence-electron chi connectivity index (χ1n) is 5.32. The average molecular weight is 287 g/mol. The van der Waals surface area contributed by atoms with Crippen LogP contribution in [0.1, 0.15) is 5.69 Å². The molecule has 1 aliphatic heterocycles. The molecule has 1 aliphatic rings. The summed E-state index contributed by atoms with van der Waals surface area (Å²) in [5.41, 5.74) is 0.978. The van der Waals surface area contributed by atoms with E-state index in [1.165, 1.54) is 0 Å². The van der Waals surface area contributed by atoms with Crippen molar-refractivity contribution >= 4 is 21.7 Å². The summed E-state index contributed by atoms with van der Waals surface area (Å²) in [4.78, 5) is 4.40. The first-order chi connectivity index (χ1) is 7.75. The quantitative estimate of drug-likeness (QED) is 0.923. The van der Waals surface area contributed by atoms with Crippen LogP contribution in [0.5, 0.6) is 0 Å². The molecule has 88 valence electrons. The van der Waals surface area contributed by atoms with E-state index in [1.54, 1.807) is 0 Å². The lowest BCUT2D eigenvalue weighted by atomic mass is 10.3. The van der Waals surface area contributed by atoms with E-state index in [2.05, 4.69) is 26.2 Å². The summed E-state index contributed by atoms with van der Waals surface area (Å²) in [5, 5.41) is 3.25. The number of hydrogen-bond donors (Lipinski definition) is 1. The van der Waals surface area contributed by atoms with Gasteiger partial charge in [-0.15, -0.1) is 0 Å². The van der Waals surface area contributed by atoms with Crippen molar-refractivity contribution in [1.29, 1.82) is 0 Å². The Morgan fingerprint density at radius 3 is 3.06 bits per heavy atom. The Bertz CT molecular complexity index is 354. The highest BCUT2D eigenvalue weighted by molar-refractivity contribution is 9.10. The number of hydrogen-bond acceptors (Lipinski definition) is 4. The van der Waals surface area contributed by atoms with Crippen molar-refractivity contribution in [2.24, 2.45) is 0 Å². The maximum Gasteiger partial charge on any atom is 0.126 e. The van der Waals surface area contributed by atoms with Crippen molar-refractivity contribution in [3.8, 4) is 0 Å². The molecular weight excluding hydrogens is 272 g/mol. The van der Waals surface area contributed by atoms with Crippen LogP contribution in [0.3, 0.4) is 0 Å². The molecule has 1 aromatic rings. The van der Waals surface area contributed by atoms with Crippen LogP contribution in [0.4, 0.5) is 5.82 Å². The van der Waals surface area contributed by atoms with Gasteiger partial charge >= 0.3 is 0 Å².